The van der Waals surface area contributed by atoms with Crippen molar-refractivity contribution in [2.75, 3.05) is 0 Å². The molecule has 4 fully saturated rings. The number of para-hydroxylation sites is 1. The third-order valence-corrected chi connectivity index (χ3v) is 13.6. The molecule has 0 radical (unpaired) electrons. The van der Waals surface area contributed by atoms with Crippen LogP contribution in [-0.2, 0) is 5.41 Å². The molecule has 248 valence electrons. The number of fused-ring (bicyclic) bond motifs is 6. The molecule has 13 rings (SSSR count). The van der Waals surface area contributed by atoms with Gasteiger partial charge in [0.25, 0.3) is 0 Å². The Balaban J connectivity index is 1.14. The topological polar surface area (TPSA) is 25.8 Å². The summed E-state index contributed by atoms with van der Waals surface area (Å²) in [5.41, 5.74) is 13.1. The number of hydrogen-bond donors (Lipinski definition) is 0. The van der Waals surface area contributed by atoms with Gasteiger partial charge in [-0.1, -0.05) is 133 Å². The minimum absolute atomic E-state index is 0.134. The summed E-state index contributed by atoms with van der Waals surface area (Å²) in [7, 11) is 0. The van der Waals surface area contributed by atoms with Crippen LogP contribution in [0.4, 0.5) is 0 Å². The Morgan fingerprint density at radius 1 is 0.423 bits per heavy atom. The second-order valence-corrected chi connectivity index (χ2v) is 16.1. The van der Waals surface area contributed by atoms with E-state index in [4.69, 9.17) is 9.97 Å². The molecule has 5 aliphatic carbocycles. The van der Waals surface area contributed by atoms with Gasteiger partial charge in [0.1, 0.15) is 0 Å². The normalized spacial score (nSPS) is 23.8. The van der Waals surface area contributed by atoms with Crippen molar-refractivity contribution in [3.05, 3.63) is 157 Å². The summed E-state index contributed by atoms with van der Waals surface area (Å²) in [6, 6.07) is 54.0. The van der Waals surface area contributed by atoms with Crippen LogP contribution >= 0.6 is 0 Å². The summed E-state index contributed by atoms with van der Waals surface area (Å²) in [6.45, 7) is 0. The van der Waals surface area contributed by atoms with Gasteiger partial charge in [-0.15, -0.1) is 0 Å². The molecule has 8 aromatic rings. The second kappa shape index (κ2) is 10.7. The minimum Gasteiger partial charge on any atom is -0.228 e. The highest BCUT2D eigenvalue weighted by molar-refractivity contribution is 6.23. The lowest BCUT2D eigenvalue weighted by Crippen LogP contribution is -2.55. The van der Waals surface area contributed by atoms with Gasteiger partial charge in [-0.25, -0.2) is 9.97 Å². The van der Waals surface area contributed by atoms with Crippen molar-refractivity contribution in [3.63, 3.8) is 0 Å². The number of aromatic nitrogens is 2. The number of nitrogens with zero attached hydrogens (tertiary/aromatic N) is 2. The summed E-state index contributed by atoms with van der Waals surface area (Å²) >= 11 is 0. The Hall–Kier alpha value is -5.60. The molecule has 52 heavy (non-hydrogen) atoms. The van der Waals surface area contributed by atoms with E-state index >= 15 is 0 Å². The maximum Gasteiger partial charge on any atom is 0.160 e. The van der Waals surface area contributed by atoms with Gasteiger partial charge in [-0.05, 0) is 123 Å². The van der Waals surface area contributed by atoms with Crippen molar-refractivity contribution in [1.82, 2.24) is 9.97 Å². The Bertz CT molecular complexity index is 2670. The van der Waals surface area contributed by atoms with Crippen LogP contribution in [0, 0.1) is 23.7 Å². The fraction of sp³-hybridized carbons (Fsp3) is 0.200. The minimum atomic E-state index is 0.134. The second-order valence-electron chi connectivity index (χ2n) is 16.1. The Labute approximate surface area is 304 Å². The molecule has 0 atom stereocenters. The summed E-state index contributed by atoms with van der Waals surface area (Å²) in [6.07, 6.45) is 7.04. The van der Waals surface area contributed by atoms with Gasteiger partial charge < -0.3 is 0 Å². The molecule has 1 aromatic heterocycles. The highest BCUT2D eigenvalue weighted by atomic mass is 14.9. The zero-order valence-corrected chi connectivity index (χ0v) is 29.1. The van der Waals surface area contributed by atoms with Crippen molar-refractivity contribution < 1.29 is 0 Å². The molecule has 2 nitrogen and oxygen atoms in total. The van der Waals surface area contributed by atoms with Crippen molar-refractivity contribution in [2.24, 2.45) is 23.7 Å². The predicted molar refractivity (Wildman–Crippen MR) is 214 cm³/mol. The molecular formula is C50H38N2. The molecule has 5 aliphatic rings. The van der Waals surface area contributed by atoms with Gasteiger partial charge in [0, 0.05) is 21.9 Å². The van der Waals surface area contributed by atoms with Gasteiger partial charge in [0.15, 0.2) is 5.82 Å². The number of hydrogen-bond acceptors (Lipinski definition) is 2. The van der Waals surface area contributed by atoms with Crippen molar-refractivity contribution in [1.29, 1.82) is 0 Å². The molecule has 0 saturated heterocycles. The quantitative estimate of drug-likeness (QED) is 0.175. The van der Waals surface area contributed by atoms with Crippen molar-refractivity contribution in [3.8, 4) is 44.9 Å². The van der Waals surface area contributed by atoms with E-state index < -0.39 is 0 Å². The van der Waals surface area contributed by atoms with Crippen LogP contribution in [0.1, 0.15) is 43.2 Å². The van der Waals surface area contributed by atoms with Crippen LogP contribution in [0.2, 0.25) is 0 Å². The van der Waals surface area contributed by atoms with Gasteiger partial charge in [0.05, 0.1) is 11.2 Å². The molecule has 2 heteroatoms. The first kappa shape index (κ1) is 29.0. The average Bonchev–Trinajstić information content (AvgIpc) is 3.48. The predicted octanol–water partition coefficient (Wildman–Crippen LogP) is 12.7. The summed E-state index contributed by atoms with van der Waals surface area (Å²) in [5.74, 6) is 4.08. The van der Waals surface area contributed by atoms with E-state index in [9.17, 15) is 0 Å². The molecule has 0 amide bonds. The van der Waals surface area contributed by atoms with E-state index in [2.05, 4.69) is 140 Å². The average molecular weight is 667 g/mol. The van der Waals surface area contributed by atoms with Gasteiger partial charge in [-0.2, -0.15) is 0 Å². The van der Waals surface area contributed by atoms with Gasteiger partial charge in [0.2, 0.25) is 0 Å². The molecule has 1 spiro atoms. The van der Waals surface area contributed by atoms with E-state index in [0.29, 0.717) is 0 Å². The monoisotopic (exact) mass is 666 g/mol. The molecule has 0 N–H and O–H groups in total. The molecule has 4 bridgehead atoms. The standard InChI is InChI=1S/C50H38N2/c1-2-12-32(13-3-1)49-51-45-21-11-9-19-42(45)48(52-49)47-40-17-6-4-15-38(40)46(39-16-5-7-18-41(39)47)33-22-23-37-36-14-8-10-20-43(36)50(44(37)29-33)34-25-30-24-31(27-34)28-35(50)26-30/h1-23,29-31,34-35H,24-28H2. The Morgan fingerprint density at radius 3 is 1.67 bits per heavy atom. The van der Waals surface area contributed by atoms with Crippen LogP contribution in [0.3, 0.4) is 0 Å². The molecule has 0 aliphatic heterocycles. The first-order valence-corrected chi connectivity index (χ1v) is 19.3. The zero-order valence-electron chi connectivity index (χ0n) is 29.1. The van der Waals surface area contributed by atoms with E-state index in [-0.39, 0.29) is 5.41 Å². The van der Waals surface area contributed by atoms with Crippen LogP contribution in [0.5, 0.6) is 0 Å². The first-order chi connectivity index (χ1) is 25.8. The maximum absolute atomic E-state index is 5.40. The highest BCUT2D eigenvalue weighted by Crippen LogP contribution is 2.69. The smallest absolute Gasteiger partial charge is 0.160 e. The number of rotatable bonds is 3. The third kappa shape index (κ3) is 3.85. The maximum atomic E-state index is 5.40. The van der Waals surface area contributed by atoms with Gasteiger partial charge in [-0.3, -0.25) is 0 Å². The lowest BCUT2D eigenvalue weighted by atomic mass is 9.43. The molecule has 4 saturated carbocycles. The SMILES string of the molecule is c1ccc(-c2nc(-c3c4ccccc4c(-c4ccc5c(c4)C4(c6ccccc6-5)C5CC6CC(C5)CC4C6)c4ccccc34)c3ccccc3n2)cc1. The van der Waals surface area contributed by atoms with Crippen LogP contribution in [-0.4, -0.2) is 9.97 Å². The van der Waals surface area contributed by atoms with E-state index in [1.54, 1.807) is 11.1 Å². The highest BCUT2D eigenvalue weighted by Gasteiger charge is 2.61. The van der Waals surface area contributed by atoms with E-state index in [1.807, 2.05) is 6.07 Å². The van der Waals surface area contributed by atoms with Gasteiger partial charge >= 0.3 is 0 Å². The van der Waals surface area contributed by atoms with Crippen LogP contribution < -0.4 is 0 Å². The number of benzene rings is 7. The lowest BCUT2D eigenvalue weighted by Gasteiger charge is -2.61. The molecule has 7 aromatic carbocycles. The molecule has 1 heterocycles. The van der Waals surface area contributed by atoms with Crippen molar-refractivity contribution >= 4 is 32.4 Å². The largest absolute Gasteiger partial charge is 0.228 e. The molecular weight excluding hydrogens is 629 g/mol. The Kier molecular flexibility index (Phi) is 5.98. The van der Waals surface area contributed by atoms with Crippen LogP contribution in [0.15, 0.2) is 146 Å². The lowest BCUT2D eigenvalue weighted by molar-refractivity contribution is -0.0399. The molecule has 0 unspecified atom stereocenters. The summed E-state index contributed by atoms with van der Waals surface area (Å²) < 4.78 is 0. The van der Waals surface area contributed by atoms with E-state index in [0.717, 1.165) is 51.7 Å². The fourth-order valence-electron chi connectivity index (χ4n) is 12.0. The first-order valence-electron chi connectivity index (χ1n) is 19.3. The fourth-order valence-corrected chi connectivity index (χ4v) is 12.0. The Morgan fingerprint density at radius 2 is 0.981 bits per heavy atom. The summed E-state index contributed by atoms with van der Waals surface area (Å²) in [4.78, 5) is 10.5. The third-order valence-electron chi connectivity index (χ3n) is 13.6. The summed E-state index contributed by atoms with van der Waals surface area (Å²) in [5, 5.41) is 6.08. The van der Waals surface area contributed by atoms with E-state index in [1.165, 1.54) is 81.5 Å². The van der Waals surface area contributed by atoms with Crippen molar-refractivity contribution in [2.45, 2.75) is 37.5 Å². The van der Waals surface area contributed by atoms with Crippen LogP contribution in [0.25, 0.3) is 77.3 Å². The zero-order chi connectivity index (χ0) is 34.0.